The molecule has 0 radical (unpaired) electrons. The van der Waals surface area contributed by atoms with Crippen molar-refractivity contribution in [2.24, 2.45) is 5.73 Å². The number of methoxy groups -OCH3 is 1. The van der Waals surface area contributed by atoms with E-state index in [2.05, 4.69) is 0 Å². The van der Waals surface area contributed by atoms with Crippen LogP contribution in [0.2, 0.25) is 0 Å². The standard InChI is InChI=1S/C17H20FNO2/c1-11-4-7-15(10-16(11)18)21-17(12(2)19)13-5-8-14(20-3)9-6-13/h4-10,12,17H,19H2,1-3H3. The van der Waals surface area contributed by atoms with Gasteiger partial charge in [-0.15, -0.1) is 0 Å². The SMILES string of the molecule is COc1ccc(C(Oc2ccc(C)c(F)c2)C(C)N)cc1. The molecule has 3 nitrogen and oxygen atoms in total. The van der Waals surface area contributed by atoms with Gasteiger partial charge in [0.25, 0.3) is 0 Å². The van der Waals surface area contributed by atoms with E-state index >= 15 is 0 Å². The summed E-state index contributed by atoms with van der Waals surface area (Å²) in [5.41, 5.74) is 7.52. The number of rotatable bonds is 5. The van der Waals surface area contributed by atoms with Crippen LogP contribution in [-0.2, 0) is 0 Å². The lowest BCUT2D eigenvalue weighted by Gasteiger charge is -2.23. The van der Waals surface area contributed by atoms with Crippen LogP contribution in [0.3, 0.4) is 0 Å². The number of aryl methyl sites for hydroxylation is 1. The monoisotopic (exact) mass is 289 g/mol. The third-order valence-corrected chi connectivity index (χ3v) is 3.33. The second kappa shape index (κ2) is 6.59. The first-order chi connectivity index (χ1) is 10.0. The summed E-state index contributed by atoms with van der Waals surface area (Å²) < 4.78 is 24.6. The summed E-state index contributed by atoms with van der Waals surface area (Å²) in [5, 5.41) is 0. The predicted molar refractivity (Wildman–Crippen MR) is 81.1 cm³/mol. The van der Waals surface area contributed by atoms with E-state index in [0.717, 1.165) is 11.3 Å². The fourth-order valence-electron chi connectivity index (χ4n) is 2.07. The Hall–Kier alpha value is -2.07. The molecule has 0 spiro atoms. The van der Waals surface area contributed by atoms with E-state index in [-0.39, 0.29) is 18.0 Å². The lowest BCUT2D eigenvalue weighted by Crippen LogP contribution is -2.29. The quantitative estimate of drug-likeness (QED) is 0.914. The van der Waals surface area contributed by atoms with Crippen LogP contribution in [0.1, 0.15) is 24.2 Å². The van der Waals surface area contributed by atoms with Crippen molar-refractivity contribution in [1.82, 2.24) is 0 Å². The van der Waals surface area contributed by atoms with E-state index < -0.39 is 0 Å². The zero-order valence-electron chi connectivity index (χ0n) is 12.5. The highest BCUT2D eigenvalue weighted by molar-refractivity contribution is 5.32. The molecule has 0 bridgehead atoms. The second-order valence-corrected chi connectivity index (χ2v) is 5.08. The molecule has 4 heteroatoms. The van der Waals surface area contributed by atoms with Crippen molar-refractivity contribution in [2.75, 3.05) is 7.11 Å². The van der Waals surface area contributed by atoms with E-state index in [4.69, 9.17) is 15.2 Å². The molecule has 2 unspecified atom stereocenters. The average molecular weight is 289 g/mol. The van der Waals surface area contributed by atoms with Crippen LogP contribution in [0.25, 0.3) is 0 Å². The lowest BCUT2D eigenvalue weighted by molar-refractivity contribution is 0.179. The summed E-state index contributed by atoms with van der Waals surface area (Å²) in [6.45, 7) is 3.57. The molecule has 2 rings (SSSR count). The van der Waals surface area contributed by atoms with Crippen molar-refractivity contribution in [3.63, 3.8) is 0 Å². The first-order valence-corrected chi connectivity index (χ1v) is 6.83. The van der Waals surface area contributed by atoms with Crippen LogP contribution in [0.4, 0.5) is 4.39 Å². The van der Waals surface area contributed by atoms with Crippen LogP contribution in [0.5, 0.6) is 11.5 Å². The molecule has 21 heavy (non-hydrogen) atoms. The van der Waals surface area contributed by atoms with Gasteiger partial charge in [-0.3, -0.25) is 0 Å². The molecular weight excluding hydrogens is 269 g/mol. The zero-order chi connectivity index (χ0) is 15.4. The van der Waals surface area contributed by atoms with Gasteiger partial charge in [0.15, 0.2) is 0 Å². The Kier molecular flexibility index (Phi) is 4.81. The molecule has 0 aromatic heterocycles. The van der Waals surface area contributed by atoms with E-state index in [1.54, 1.807) is 26.2 Å². The van der Waals surface area contributed by atoms with E-state index in [9.17, 15) is 4.39 Å². The maximum absolute atomic E-state index is 13.6. The molecule has 2 aromatic rings. The van der Waals surface area contributed by atoms with E-state index in [0.29, 0.717) is 11.3 Å². The van der Waals surface area contributed by atoms with Crippen molar-refractivity contribution in [3.8, 4) is 11.5 Å². The molecule has 112 valence electrons. The fraction of sp³-hybridized carbons (Fsp3) is 0.294. The second-order valence-electron chi connectivity index (χ2n) is 5.08. The van der Waals surface area contributed by atoms with Crippen LogP contribution in [-0.4, -0.2) is 13.2 Å². The van der Waals surface area contributed by atoms with E-state index in [1.807, 2.05) is 31.2 Å². The van der Waals surface area contributed by atoms with Gasteiger partial charge >= 0.3 is 0 Å². The molecular formula is C17H20FNO2. The van der Waals surface area contributed by atoms with Gasteiger partial charge in [-0.2, -0.15) is 0 Å². The van der Waals surface area contributed by atoms with Crippen molar-refractivity contribution in [1.29, 1.82) is 0 Å². The third-order valence-electron chi connectivity index (χ3n) is 3.33. The first-order valence-electron chi connectivity index (χ1n) is 6.83. The molecule has 2 N–H and O–H groups in total. The summed E-state index contributed by atoms with van der Waals surface area (Å²) in [6, 6.07) is 12.1. The Morgan fingerprint density at radius 3 is 2.19 bits per heavy atom. The Bertz CT molecular complexity index is 596. The van der Waals surface area contributed by atoms with Crippen LogP contribution in [0.15, 0.2) is 42.5 Å². The minimum atomic E-state index is -0.349. The fourth-order valence-corrected chi connectivity index (χ4v) is 2.07. The van der Waals surface area contributed by atoms with Gasteiger partial charge in [0.05, 0.1) is 7.11 Å². The van der Waals surface area contributed by atoms with Crippen LogP contribution >= 0.6 is 0 Å². The smallest absolute Gasteiger partial charge is 0.138 e. The largest absolute Gasteiger partial charge is 0.497 e. The summed E-state index contributed by atoms with van der Waals surface area (Å²) in [6.07, 6.45) is -0.349. The summed E-state index contributed by atoms with van der Waals surface area (Å²) >= 11 is 0. The Morgan fingerprint density at radius 1 is 1.05 bits per heavy atom. The van der Waals surface area contributed by atoms with Crippen molar-refractivity contribution >= 4 is 0 Å². The van der Waals surface area contributed by atoms with Crippen LogP contribution < -0.4 is 15.2 Å². The predicted octanol–water partition coefficient (Wildman–Crippen LogP) is 3.61. The normalized spacial score (nSPS) is 13.6. The highest BCUT2D eigenvalue weighted by Gasteiger charge is 2.18. The minimum absolute atomic E-state index is 0.234. The maximum Gasteiger partial charge on any atom is 0.138 e. The number of benzene rings is 2. The van der Waals surface area contributed by atoms with Gasteiger partial charge < -0.3 is 15.2 Å². The molecule has 0 fully saturated rings. The number of halogens is 1. The van der Waals surface area contributed by atoms with Gasteiger partial charge in [-0.1, -0.05) is 18.2 Å². The van der Waals surface area contributed by atoms with Crippen LogP contribution in [0, 0.1) is 12.7 Å². The van der Waals surface area contributed by atoms with Crippen molar-refractivity contribution in [3.05, 3.63) is 59.4 Å². The molecule has 0 aliphatic heterocycles. The zero-order valence-corrected chi connectivity index (χ0v) is 12.5. The topological polar surface area (TPSA) is 44.5 Å². The maximum atomic E-state index is 13.6. The minimum Gasteiger partial charge on any atom is -0.497 e. The summed E-state index contributed by atoms with van der Waals surface area (Å²) in [5.74, 6) is 0.949. The highest BCUT2D eigenvalue weighted by atomic mass is 19.1. The number of nitrogens with two attached hydrogens (primary N) is 1. The molecule has 2 aromatic carbocycles. The van der Waals surface area contributed by atoms with E-state index in [1.165, 1.54) is 6.07 Å². The lowest BCUT2D eigenvalue weighted by atomic mass is 10.0. The molecule has 0 aliphatic carbocycles. The highest BCUT2D eigenvalue weighted by Crippen LogP contribution is 2.27. The number of ether oxygens (including phenoxy) is 2. The van der Waals surface area contributed by atoms with Gasteiger partial charge in [0, 0.05) is 12.1 Å². The van der Waals surface area contributed by atoms with Gasteiger partial charge in [-0.25, -0.2) is 4.39 Å². The molecule has 0 heterocycles. The Labute approximate surface area is 124 Å². The van der Waals surface area contributed by atoms with Crippen molar-refractivity contribution in [2.45, 2.75) is 26.0 Å². The van der Waals surface area contributed by atoms with Gasteiger partial charge in [0.2, 0.25) is 0 Å². The van der Waals surface area contributed by atoms with Gasteiger partial charge in [-0.05, 0) is 43.2 Å². The van der Waals surface area contributed by atoms with Gasteiger partial charge in [0.1, 0.15) is 23.4 Å². The molecule has 0 amide bonds. The third kappa shape index (κ3) is 3.73. The molecule has 0 aliphatic rings. The number of hydrogen-bond donors (Lipinski definition) is 1. The Morgan fingerprint density at radius 2 is 1.67 bits per heavy atom. The number of hydrogen-bond acceptors (Lipinski definition) is 3. The summed E-state index contributed by atoms with van der Waals surface area (Å²) in [7, 11) is 1.61. The average Bonchev–Trinajstić information content (AvgIpc) is 2.48. The molecule has 0 saturated carbocycles. The molecule has 0 saturated heterocycles. The summed E-state index contributed by atoms with van der Waals surface area (Å²) in [4.78, 5) is 0. The van der Waals surface area contributed by atoms with Crippen molar-refractivity contribution < 1.29 is 13.9 Å². The Balaban J connectivity index is 2.23. The first kappa shape index (κ1) is 15.3. The molecule has 2 atom stereocenters.